The monoisotopic (exact) mass is 260 g/mol. The molecule has 1 aliphatic rings. The smallest absolute Gasteiger partial charge is 0.239 e. The Kier molecular flexibility index (Phi) is 4.46. The Balaban J connectivity index is 1.89. The molecule has 1 aromatic rings. The lowest BCUT2D eigenvalue weighted by Gasteiger charge is -2.16. The third kappa shape index (κ3) is 3.72. The van der Waals surface area contributed by atoms with Crippen molar-refractivity contribution in [3.63, 3.8) is 0 Å². The summed E-state index contributed by atoms with van der Waals surface area (Å²) >= 11 is 0. The van der Waals surface area contributed by atoms with Crippen molar-refractivity contribution in [2.75, 3.05) is 11.9 Å². The molecule has 0 bridgehead atoms. The maximum atomic E-state index is 11.9. The molecule has 2 rings (SSSR count). The highest BCUT2D eigenvalue weighted by Crippen LogP contribution is 2.21. The average molecular weight is 260 g/mol. The van der Waals surface area contributed by atoms with E-state index < -0.39 is 0 Å². The number of carbonyl (C=O) groups is 1. The van der Waals surface area contributed by atoms with E-state index >= 15 is 0 Å². The van der Waals surface area contributed by atoms with Gasteiger partial charge in [0.25, 0.3) is 0 Å². The number of benzene rings is 1. The van der Waals surface area contributed by atoms with Crippen LogP contribution in [0.2, 0.25) is 0 Å². The first kappa shape index (κ1) is 13.9. The lowest BCUT2D eigenvalue weighted by molar-refractivity contribution is -0.120. The van der Waals surface area contributed by atoms with Gasteiger partial charge in [-0.05, 0) is 44.7 Å². The molecule has 3 heteroatoms. The Bertz CT molecular complexity index is 439. The summed E-state index contributed by atoms with van der Waals surface area (Å²) in [5.74, 6) is 0.103. The van der Waals surface area contributed by atoms with Gasteiger partial charge < -0.3 is 10.6 Å². The molecule has 0 aliphatic heterocycles. The van der Waals surface area contributed by atoms with Crippen LogP contribution in [0.1, 0.15) is 42.4 Å². The minimum Gasteiger partial charge on any atom is -0.376 e. The Morgan fingerprint density at radius 1 is 1.16 bits per heavy atom. The molecule has 0 saturated heterocycles. The van der Waals surface area contributed by atoms with E-state index in [2.05, 4.69) is 43.5 Å². The van der Waals surface area contributed by atoms with E-state index in [1.807, 2.05) is 0 Å². The van der Waals surface area contributed by atoms with Crippen molar-refractivity contribution in [3.8, 4) is 0 Å². The number of amides is 1. The van der Waals surface area contributed by atoms with E-state index in [4.69, 9.17) is 0 Å². The normalized spacial score (nSPS) is 15.5. The van der Waals surface area contributed by atoms with Crippen LogP contribution in [-0.4, -0.2) is 18.5 Å². The molecule has 0 aromatic heterocycles. The van der Waals surface area contributed by atoms with Crippen molar-refractivity contribution in [1.82, 2.24) is 5.32 Å². The molecule has 1 aliphatic carbocycles. The molecule has 19 heavy (non-hydrogen) atoms. The Morgan fingerprint density at radius 3 is 2.32 bits per heavy atom. The molecular weight excluding hydrogens is 236 g/mol. The summed E-state index contributed by atoms with van der Waals surface area (Å²) in [5.41, 5.74) is 4.75. The van der Waals surface area contributed by atoms with Gasteiger partial charge in [-0.25, -0.2) is 0 Å². The molecule has 0 heterocycles. The van der Waals surface area contributed by atoms with Crippen molar-refractivity contribution < 1.29 is 4.79 Å². The van der Waals surface area contributed by atoms with Gasteiger partial charge in [-0.15, -0.1) is 0 Å². The Morgan fingerprint density at radius 2 is 1.74 bits per heavy atom. The summed E-state index contributed by atoms with van der Waals surface area (Å²) in [6.45, 7) is 6.62. The lowest BCUT2D eigenvalue weighted by Crippen LogP contribution is -2.36. The van der Waals surface area contributed by atoms with Gasteiger partial charge in [0.15, 0.2) is 0 Å². The van der Waals surface area contributed by atoms with E-state index in [-0.39, 0.29) is 5.91 Å². The fourth-order valence-corrected chi connectivity index (χ4v) is 2.98. The number of hydrogen-bond acceptors (Lipinski definition) is 2. The molecule has 2 N–H and O–H groups in total. The molecular formula is C16H24N2O. The number of anilines is 1. The van der Waals surface area contributed by atoms with Gasteiger partial charge in [-0.1, -0.05) is 30.5 Å². The molecule has 1 amide bonds. The quantitative estimate of drug-likeness (QED) is 0.873. The van der Waals surface area contributed by atoms with E-state index in [1.54, 1.807) is 0 Å². The van der Waals surface area contributed by atoms with Crippen LogP contribution >= 0.6 is 0 Å². The van der Waals surface area contributed by atoms with E-state index in [0.717, 1.165) is 18.5 Å². The highest BCUT2D eigenvalue weighted by molar-refractivity contribution is 5.81. The van der Waals surface area contributed by atoms with Crippen LogP contribution in [0.3, 0.4) is 0 Å². The Hall–Kier alpha value is -1.51. The van der Waals surface area contributed by atoms with Crippen LogP contribution in [0.5, 0.6) is 0 Å². The second-order valence-corrected chi connectivity index (χ2v) is 5.68. The number of rotatable bonds is 4. The number of hydrogen-bond donors (Lipinski definition) is 2. The second kappa shape index (κ2) is 6.09. The van der Waals surface area contributed by atoms with Gasteiger partial charge >= 0.3 is 0 Å². The highest BCUT2D eigenvalue weighted by atomic mass is 16.1. The first-order valence-electron chi connectivity index (χ1n) is 7.17. The third-order valence-electron chi connectivity index (χ3n) is 3.82. The maximum absolute atomic E-state index is 11.9. The van der Waals surface area contributed by atoms with Crippen molar-refractivity contribution in [1.29, 1.82) is 0 Å². The van der Waals surface area contributed by atoms with Gasteiger partial charge in [-0.2, -0.15) is 0 Å². The fourth-order valence-electron chi connectivity index (χ4n) is 2.98. The zero-order valence-corrected chi connectivity index (χ0v) is 12.2. The van der Waals surface area contributed by atoms with E-state index in [1.165, 1.54) is 29.5 Å². The average Bonchev–Trinajstić information content (AvgIpc) is 2.80. The van der Waals surface area contributed by atoms with Crippen molar-refractivity contribution in [2.24, 2.45) is 0 Å². The van der Waals surface area contributed by atoms with Crippen LogP contribution in [0.15, 0.2) is 12.1 Å². The summed E-state index contributed by atoms with van der Waals surface area (Å²) in [6, 6.07) is 4.68. The number of aryl methyl sites for hydroxylation is 3. The fraction of sp³-hybridized carbons (Fsp3) is 0.562. The van der Waals surface area contributed by atoms with Crippen LogP contribution in [0.25, 0.3) is 0 Å². The predicted octanol–water partition coefficient (Wildman–Crippen LogP) is 3.08. The molecule has 0 unspecified atom stereocenters. The molecule has 3 nitrogen and oxygen atoms in total. The molecule has 0 atom stereocenters. The first-order chi connectivity index (χ1) is 9.06. The minimum atomic E-state index is 0.103. The summed E-state index contributed by atoms with van der Waals surface area (Å²) in [5, 5.41) is 6.37. The third-order valence-corrected chi connectivity index (χ3v) is 3.82. The molecule has 1 aromatic carbocycles. The summed E-state index contributed by atoms with van der Waals surface area (Å²) in [7, 11) is 0. The van der Waals surface area contributed by atoms with Gasteiger partial charge in [0.1, 0.15) is 0 Å². The summed E-state index contributed by atoms with van der Waals surface area (Å²) in [6.07, 6.45) is 4.76. The van der Waals surface area contributed by atoms with Crippen molar-refractivity contribution in [3.05, 3.63) is 28.8 Å². The predicted molar refractivity (Wildman–Crippen MR) is 79.5 cm³/mol. The standard InChI is InChI=1S/C16H24N2O/c1-11-8-12(2)16(13(3)9-11)17-10-15(19)18-14-6-4-5-7-14/h8-9,14,17H,4-7,10H2,1-3H3,(H,18,19). The highest BCUT2D eigenvalue weighted by Gasteiger charge is 2.17. The topological polar surface area (TPSA) is 41.1 Å². The van der Waals surface area contributed by atoms with Crippen LogP contribution in [-0.2, 0) is 4.79 Å². The van der Waals surface area contributed by atoms with Crippen molar-refractivity contribution >= 4 is 11.6 Å². The van der Waals surface area contributed by atoms with Crippen LogP contribution in [0, 0.1) is 20.8 Å². The molecule has 1 saturated carbocycles. The van der Waals surface area contributed by atoms with Crippen LogP contribution in [0.4, 0.5) is 5.69 Å². The number of carbonyl (C=O) groups excluding carboxylic acids is 1. The lowest BCUT2D eigenvalue weighted by atomic mass is 10.1. The van der Waals surface area contributed by atoms with Crippen molar-refractivity contribution in [2.45, 2.75) is 52.5 Å². The zero-order chi connectivity index (χ0) is 13.8. The second-order valence-electron chi connectivity index (χ2n) is 5.68. The van der Waals surface area contributed by atoms with E-state index in [0.29, 0.717) is 12.6 Å². The van der Waals surface area contributed by atoms with Crippen LogP contribution < -0.4 is 10.6 Å². The van der Waals surface area contributed by atoms with Gasteiger partial charge in [0.05, 0.1) is 6.54 Å². The van der Waals surface area contributed by atoms with Gasteiger partial charge in [0.2, 0.25) is 5.91 Å². The van der Waals surface area contributed by atoms with Gasteiger partial charge in [-0.3, -0.25) is 4.79 Å². The molecule has 0 radical (unpaired) electrons. The largest absolute Gasteiger partial charge is 0.376 e. The molecule has 0 spiro atoms. The first-order valence-corrected chi connectivity index (χ1v) is 7.17. The summed E-state index contributed by atoms with van der Waals surface area (Å²) in [4.78, 5) is 11.9. The van der Waals surface area contributed by atoms with E-state index in [9.17, 15) is 4.79 Å². The Labute approximate surface area is 115 Å². The maximum Gasteiger partial charge on any atom is 0.239 e. The van der Waals surface area contributed by atoms with Gasteiger partial charge in [0, 0.05) is 11.7 Å². The minimum absolute atomic E-state index is 0.103. The molecule has 1 fully saturated rings. The zero-order valence-electron chi connectivity index (χ0n) is 12.2. The SMILES string of the molecule is Cc1cc(C)c(NCC(=O)NC2CCCC2)c(C)c1. The molecule has 104 valence electrons. The summed E-state index contributed by atoms with van der Waals surface area (Å²) < 4.78 is 0. The number of nitrogens with one attached hydrogen (secondary N) is 2.